The lowest BCUT2D eigenvalue weighted by atomic mass is 9.80. The number of benzene rings is 2. The van der Waals surface area contributed by atoms with Gasteiger partial charge in [-0.15, -0.1) is 0 Å². The highest BCUT2D eigenvalue weighted by Crippen LogP contribution is 2.40. The molecular weight excluding hydrogens is 406 g/mol. The van der Waals surface area contributed by atoms with E-state index in [0.29, 0.717) is 18.0 Å². The molecule has 3 aromatic rings. The molecule has 5 rings (SSSR count). The van der Waals surface area contributed by atoms with Crippen LogP contribution in [-0.2, 0) is 29.5 Å². The van der Waals surface area contributed by atoms with Gasteiger partial charge in [0.05, 0.1) is 4.90 Å². The van der Waals surface area contributed by atoms with Crippen LogP contribution in [0.25, 0.3) is 0 Å². The zero-order valence-electron chi connectivity index (χ0n) is 17.5. The van der Waals surface area contributed by atoms with E-state index in [1.54, 1.807) is 34.8 Å². The predicted molar refractivity (Wildman–Crippen MR) is 121 cm³/mol. The number of rotatable bonds is 4. The van der Waals surface area contributed by atoms with Crippen LogP contribution in [0.3, 0.4) is 0 Å². The molecular formula is C25H27N3O2S. The number of sulfonamides is 1. The average molecular weight is 434 g/mol. The third-order valence-electron chi connectivity index (χ3n) is 6.57. The summed E-state index contributed by atoms with van der Waals surface area (Å²) in [6, 6.07) is 21.2. The molecule has 160 valence electrons. The molecule has 1 fully saturated rings. The number of likely N-dealkylation sites (tertiary alicyclic amines) is 1. The van der Waals surface area contributed by atoms with E-state index in [9.17, 15) is 8.42 Å². The second kappa shape index (κ2) is 8.19. The van der Waals surface area contributed by atoms with E-state index >= 15 is 0 Å². The molecule has 6 heteroatoms. The molecule has 2 aliphatic rings. The van der Waals surface area contributed by atoms with Crippen molar-refractivity contribution in [3.05, 3.63) is 95.8 Å². The molecule has 2 aliphatic heterocycles. The summed E-state index contributed by atoms with van der Waals surface area (Å²) in [6.07, 6.45) is 5.61. The number of nitrogens with zero attached hydrogens (tertiary/aromatic N) is 3. The number of fused-ring (bicyclic) bond motifs is 1. The van der Waals surface area contributed by atoms with Crippen LogP contribution >= 0.6 is 0 Å². The monoisotopic (exact) mass is 433 g/mol. The van der Waals surface area contributed by atoms with Gasteiger partial charge in [0.15, 0.2) is 0 Å². The fourth-order valence-corrected chi connectivity index (χ4v) is 6.61. The summed E-state index contributed by atoms with van der Waals surface area (Å²) in [5.41, 5.74) is 3.50. The topological polar surface area (TPSA) is 53.5 Å². The van der Waals surface area contributed by atoms with E-state index in [2.05, 4.69) is 34.1 Å². The highest BCUT2D eigenvalue weighted by Gasteiger charge is 2.44. The molecule has 0 aliphatic carbocycles. The van der Waals surface area contributed by atoms with Crippen LogP contribution in [0.1, 0.15) is 23.1 Å². The van der Waals surface area contributed by atoms with E-state index in [0.717, 1.165) is 38.0 Å². The maximum atomic E-state index is 13.6. The van der Waals surface area contributed by atoms with Crippen molar-refractivity contribution in [3.8, 4) is 0 Å². The zero-order chi connectivity index (χ0) is 21.3. The van der Waals surface area contributed by atoms with Crippen molar-refractivity contribution in [2.45, 2.75) is 30.8 Å². The average Bonchev–Trinajstić information content (AvgIpc) is 3.08. The number of hydrogen-bond acceptors (Lipinski definition) is 4. The van der Waals surface area contributed by atoms with Crippen LogP contribution in [0.2, 0.25) is 0 Å². The van der Waals surface area contributed by atoms with Crippen LogP contribution < -0.4 is 0 Å². The minimum absolute atomic E-state index is 0.0866. The third kappa shape index (κ3) is 4.15. The molecule has 0 saturated carbocycles. The highest BCUT2D eigenvalue weighted by atomic mass is 32.2. The first-order valence-corrected chi connectivity index (χ1v) is 12.2. The van der Waals surface area contributed by atoms with Gasteiger partial charge in [-0.1, -0.05) is 48.5 Å². The van der Waals surface area contributed by atoms with Crippen LogP contribution in [0.4, 0.5) is 0 Å². The van der Waals surface area contributed by atoms with E-state index in [4.69, 9.17) is 0 Å². The molecule has 1 saturated heterocycles. The summed E-state index contributed by atoms with van der Waals surface area (Å²) in [5.74, 6) is 0. The molecule has 31 heavy (non-hydrogen) atoms. The molecule has 0 radical (unpaired) electrons. The zero-order valence-corrected chi connectivity index (χ0v) is 18.3. The fourth-order valence-electron chi connectivity index (χ4n) is 5.06. The van der Waals surface area contributed by atoms with Gasteiger partial charge in [0, 0.05) is 44.0 Å². The Hall–Kier alpha value is -2.54. The molecule has 1 spiro atoms. The standard InChI is InChI=1S/C25H27N3O2S/c29-31(30,24-10-2-1-3-11-24)28-18-23-9-5-4-8-22(23)15-25(20-28)12-14-27(19-25)17-21-7-6-13-26-16-21/h1-11,13,16H,12,14-15,17-20H2. The molecule has 0 bridgehead atoms. The predicted octanol–water partition coefficient (Wildman–Crippen LogP) is 3.72. The first-order chi connectivity index (χ1) is 15.0. The Kier molecular flexibility index (Phi) is 5.38. The first kappa shape index (κ1) is 20.4. The first-order valence-electron chi connectivity index (χ1n) is 10.8. The summed E-state index contributed by atoms with van der Waals surface area (Å²) in [6.45, 7) is 3.68. The second-order valence-corrected chi connectivity index (χ2v) is 10.8. The molecule has 0 N–H and O–H groups in total. The van der Waals surface area contributed by atoms with E-state index in [1.165, 1.54) is 11.1 Å². The van der Waals surface area contributed by atoms with Crippen molar-refractivity contribution < 1.29 is 8.42 Å². The SMILES string of the molecule is O=S(=O)(c1ccccc1)N1Cc2ccccc2CC2(CCN(Cc3cccnc3)C2)C1. The molecule has 1 unspecified atom stereocenters. The van der Waals surface area contributed by atoms with Crippen molar-refractivity contribution in [1.29, 1.82) is 0 Å². The van der Waals surface area contributed by atoms with Crippen molar-refractivity contribution in [3.63, 3.8) is 0 Å². The van der Waals surface area contributed by atoms with Gasteiger partial charge in [-0.25, -0.2) is 8.42 Å². The molecule has 3 heterocycles. The van der Waals surface area contributed by atoms with E-state index in [1.807, 2.05) is 24.4 Å². The van der Waals surface area contributed by atoms with E-state index < -0.39 is 10.0 Å². The van der Waals surface area contributed by atoms with Gasteiger partial charge in [-0.2, -0.15) is 4.31 Å². The number of hydrogen-bond donors (Lipinski definition) is 0. The van der Waals surface area contributed by atoms with Crippen LogP contribution in [0, 0.1) is 5.41 Å². The van der Waals surface area contributed by atoms with E-state index in [-0.39, 0.29) is 5.41 Å². The molecule has 1 atom stereocenters. The Balaban J connectivity index is 1.47. The Morgan fingerprint density at radius 2 is 1.68 bits per heavy atom. The lowest BCUT2D eigenvalue weighted by molar-refractivity contribution is 0.206. The third-order valence-corrected chi connectivity index (χ3v) is 8.38. The van der Waals surface area contributed by atoms with Crippen LogP contribution in [-0.4, -0.2) is 42.2 Å². The van der Waals surface area contributed by atoms with Gasteiger partial charge in [-0.3, -0.25) is 9.88 Å². The molecule has 2 aromatic carbocycles. The summed E-state index contributed by atoms with van der Waals surface area (Å²) < 4.78 is 28.8. The number of aromatic nitrogens is 1. The molecule has 5 nitrogen and oxygen atoms in total. The van der Waals surface area contributed by atoms with Gasteiger partial charge in [0.1, 0.15) is 0 Å². The van der Waals surface area contributed by atoms with Crippen molar-refractivity contribution in [1.82, 2.24) is 14.2 Å². The Labute approximate surface area is 184 Å². The quantitative estimate of drug-likeness (QED) is 0.629. The maximum Gasteiger partial charge on any atom is 0.243 e. The van der Waals surface area contributed by atoms with Gasteiger partial charge >= 0.3 is 0 Å². The van der Waals surface area contributed by atoms with Gasteiger partial charge in [0.2, 0.25) is 10.0 Å². The van der Waals surface area contributed by atoms with Crippen LogP contribution in [0.15, 0.2) is 84.0 Å². The van der Waals surface area contributed by atoms with Gasteiger partial charge < -0.3 is 0 Å². The van der Waals surface area contributed by atoms with Gasteiger partial charge in [0.25, 0.3) is 0 Å². The summed E-state index contributed by atoms with van der Waals surface area (Å²) in [5, 5.41) is 0. The normalized spacial score (nSPS) is 22.3. The lowest BCUT2D eigenvalue weighted by Gasteiger charge is -2.32. The van der Waals surface area contributed by atoms with Crippen LogP contribution in [0.5, 0.6) is 0 Å². The van der Waals surface area contributed by atoms with Gasteiger partial charge in [-0.05, 0) is 54.3 Å². The fraction of sp³-hybridized carbons (Fsp3) is 0.320. The van der Waals surface area contributed by atoms with Crippen molar-refractivity contribution in [2.24, 2.45) is 5.41 Å². The second-order valence-electron chi connectivity index (χ2n) is 8.85. The summed E-state index contributed by atoms with van der Waals surface area (Å²) in [4.78, 5) is 7.05. The molecule has 1 aromatic heterocycles. The summed E-state index contributed by atoms with van der Waals surface area (Å²) in [7, 11) is -3.56. The lowest BCUT2D eigenvalue weighted by Crippen LogP contribution is -2.41. The number of pyridine rings is 1. The Morgan fingerprint density at radius 1 is 0.903 bits per heavy atom. The highest BCUT2D eigenvalue weighted by molar-refractivity contribution is 7.89. The maximum absolute atomic E-state index is 13.6. The Bertz CT molecular complexity index is 1150. The molecule has 0 amide bonds. The minimum atomic E-state index is -3.56. The summed E-state index contributed by atoms with van der Waals surface area (Å²) >= 11 is 0. The van der Waals surface area contributed by atoms with Crippen molar-refractivity contribution >= 4 is 10.0 Å². The smallest absolute Gasteiger partial charge is 0.243 e. The minimum Gasteiger partial charge on any atom is -0.298 e. The Morgan fingerprint density at radius 3 is 2.45 bits per heavy atom. The largest absolute Gasteiger partial charge is 0.298 e. The van der Waals surface area contributed by atoms with Crippen molar-refractivity contribution in [2.75, 3.05) is 19.6 Å².